The van der Waals surface area contributed by atoms with Gasteiger partial charge in [-0.2, -0.15) is 0 Å². The first-order chi connectivity index (χ1) is 12.8. The van der Waals surface area contributed by atoms with Gasteiger partial charge in [-0.3, -0.25) is 4.79 Å². The molecule has 0 saturated carbocycles. The van der Waals surface area contributed by atoms with Crippen LogP contribution in [0.15, 0.2) is 42.5 Å². The van der Waals surface area contributed by atoms with Gasteiger partial charge in [0.05, 0.1) is 5.69 Å². The van der Waals surface area contributed by atoms with Crippen LogP contribution in [0.1, 0.15) is 21.7 Å². The number of anilines is 3. The van der Waals surface area contributed by atoms with E-state index in [9.17, 15) is 18.0 Å². The molecule has 0 aliphatic heterocycles. The highest BCUT2D eigenvalue weighted by molar-refractivity contribution is 6.03. The van der Waals surface area contributed by atoms with Gasteiger partial charge in [0.15, 0.2) is 17.5 Å². The minimum Gasteiger partial charge on any atom is -0.324 e. The minimum atomic E-state index is -1.66. The maximum atomic E-state index is 13.7. The zero-order chi connectivity index (χ0) is 19.6. The van der Waals surface area contributed by atoms with Crippen LogP contribution in [0.2, 0.25) is 0 Å². The predicted octanol–water partition coefficient (Wildman–Crippen LogP) is 4.51. The van der Waals surface area contributed by atoms with Crippen molar-refractivity contribution in [2.45, 2.75) is 13.8 Å². The van der Waals surface area contributed by atoms with E-state index in [1.54, 1.807) is 6.92 Å². The number of hydrogen-bond donors (Lipinski definition) is 2. The van der Waals surface area contributed by atoms with Gasteiger partial charge in [-0.25, -0.2) is 23.1 Å². The first-order valence-electron chi connectivity index (χ1n) is 7.97. The van der Waals surface area contributed by atoms with Crippen LogP contribution in [0.25, 0.3) is 0 Å². The number of carbonyl (C=O) groups excluding carboxylic acids is 1. The first kappa shape index (κ1) is 18.4. The molecule has 0 radical (unpaired) electrons. The molecular weight excluding hydrogens is 357 g/mol. The lowest BCUT2D eigenvalue weighted by Crippen LogP contribution is -2.17. The fourth-order valence-corrected chi connectivity index (χ4v) is 2.40. The lowest BCUT2D eigenvalue weighted by molar-refractivity contribution is 0.102. The Morgan fingerprint density at radius 3 is 2.48 bits per heavy atom. The quantitative estimate of drug-likeness (QED) is 0.662. The molecule has 3 aromatic rings. The van der Waals surface area contributed by atoms with Crippen LogP contribution in [0.4, 0.5) is 30.5 Å². The molecule has 0 bridgehead atoms. The highest BCUT2D eigenvalue weighted by Crippen LogP contribution is 2.21. The van der Waals surface area contributed by atoms with Crippen LogP contribution < -0.4 is 10.6 Å². The topological polar surface area (TPSA) is 66.9 Å². The van der Waals surface area contributed by atoms with Gasteiger partial charge in [-0.05, 0) is 49.7 Å². The zero-order valence-electron chi connectivity index (χ0n) is 14.5. The average Bonchev–Trinajstić information content (AvgIpc) is 2.61. The van der Waals surface area contributed by atoms with Crippen molar-refractivity contribution in [3.8, 4) is 0 Å². The molecule has 1 aromatic heterocycles. The number of nitrogens with one attached hydrogen (secondary N) is 2. The molecule has 5 nitrogen and oxygen atoms in total. The number of halogens is 3. The van der Waals surface area contributed by atoms with Gasteiger partial charge in [-0.15, -0.1) is 0 Å². The molecular formula is C19H15F3N4O. The zero-order valence-corrected chi connectivity index (χ0v) is 14.5. The number of aromatic nitrogens is 2. The van der Waals surface area contributed by atoms with E-state index >= 15 is 0 Å². The van der Waals surface area contributed by atoms with Gasteiger partial charge < -0.3 is 10.6 Å². The van der Waals surface area contributed by atoms with E-state index in [0.29, 0.717) is 5.69 Å². The number of nitrogens with zero attached hydrogens (tertiary/aromatic N) is 2. The van der Waals surface area contributed by atoms with E-state index in [-0.39, 0.29) is 11.6 Å². The fourth-order valence-electron chi connectivity index (χ4n) is 2.40. The number of aryl methyl sites for hydroxylation is 2. The van der Waals surface area contributed by atoms with Crippen molar-refractivity contribution in [2.24, 2.45) is 0 Å². The molecule has 1 heterocycles. The lowest BCUT2D eigenvalue weighted by Gasteiger charge is -2.10. The summed E-state index contributed by atoms with van der Waals surface area (Å²) in [6.45, 7) is 3.59. The van der Waals surface area contributed by atoms with Crippen LogP contribution >= 0.6 is 0 Å². The molecule has 0 unspecified atom stereocenters. The number of rotatable bonds is 4. The number of hydrogen-bond acceptors (Lipinski definition) is 4. The normalized spacial score (nSPS) is 10.6. The van der Waals surface area contributed by atoms with Gasteiger partial charge in [0, 0.05) is 11.4 Å². The number of benzene rings is 2. The molecule has 138 valence electrons. The van der Waals surface area contributed by atoms with E-state index < -0.39 is 29.0 Å². The van der Waals surface area contributed by atoms with E-state index in [1.165, 1.54) is 6.07 Å². The second-order valence-electron chi connectivity index (χ2n) is 5.89. The van der Waals surface area contributed by atoms with Crippen molar-refractivity contribution in [1.82, 2.24) is 9.97 Å². The van der Waals surface area contributed by atoms with Crippen molar-refractivity contribution in [3.63, 3.8) is 0 Å². The van der Waals surface area contributed by atoms with Gasteiger partial charge >= 0.3 is 0 Å². The van der Waals surface area contributed by atoms with Crippen molar-refractivity contribution in [2.75, 3.05) is 10.6 Å². The van der Waals surface area contributed by atoms with E-state index in [2.05, 4.69) is 20.6 Å². The molecule has 3 rings (SSSR count). The Balaban J connectivity index is 1.85. The molecule has 2 N–H and O–H groups in total. The third kappa shape index (κ3) is 4.22. The molecule has 1 amide bonds. The first-order valence-corrected chi connectivity index (χ1v) is 7.97. The summed E-state index contributed by atoms with van der Waals surface area (Å²) in [7, 11) is 0. The van der Waals surface area contributed by atoms with Crippen molar-refractivity contribution >= 4 is 23.2 Å². The Morgan fingerprint density at radius 1 is 0.963 bits per heavy atom. The maximum absolute atomic E-state index is 13.7. The number of carbonyl (C=O) groups is 1. The van der Waals surface area contributed by atoms with Crippen LogP contribution in [0.3, 0.4) is 0 Å². The molecule has 8 heteroatoms. The molecule has 0 spiro atoms. The van der Waals surface area contributed by atoms with E-state index in [0.717, 1.165) is 23.4 Å². The highest BCUT2D eigenvalue weighted by atomic mass is 19.2. The highest BCUT2D eigenvalue weighted by Gasteiger charge is 2.17. The Bertz CT molecular complexity index is 1020. The Labute approximate surface area is 153 Å². The maximum Gasteiger partial charge on any atom is 0.274 e. The molecule has 0 fully saturated rings. The molecule has 0 aliphatic rings. The largest absolute Gasteiger partial charge is 0.324 e. The van der Waals surface area contributed by atoms with Gasteiger partial charge in [0.25, 0.3) is 5.91 Å². The Hall–Kier alpha value is -3.42. The van der Waals surface area contributed by atoms with Crippen molar-refractivity contribution in [3.05, 3.63) is 76.9 Å². The van der Waals surface area contributed by atoms with Gasteiger partial charge in [0.2, 0.25) is 5.95 Å². The smallest absolute Gasteiger partial charge is 0.274 e. The SMILES string of the molecule is Cc1cccc(Nc2nc(C)cc(C(=O)Nc3ccc(F)c(F)c3F)n2)c1. The van der Waals surface area contributed by atoms with E-state index in [1.807, 2.05) is 31.2 Å². The van der Waals surface area contributed by atoms with Gasteiger partial charge in [0.1, 0.15) is 5.69 Å². The van der Waals surface area contributed by atoms with Crippen LogP contribution in [0.5, 0.6) is 0 Å². The second kappa shape index (κ2) is 7.45. The molecule has 0 aliphatic carbocycles. The fraction of sp³-hybridized carbons (Fsp3) is 0.105. The standard InChI is InChI=1S/C19H15F3N4O/c1-10-4-3-5-12(8-10)24-19-23-11(2)9-15(26-19)18(27)25-14-7-6-13(20)16(21)17(14)22/h3-9H,1-2H3,(H,25,27)(H,23,24,26). The van der Waals surface area contributed by atoms with Gasteiger partial charge in [-0.1, -0.05) is 12.1 Å². The third-order valence-electron chi connectivity index (χ3n) is 3.64. The summed E-state index contributed by atoms with van der Waals surface area (Å²) in [5.41, 5.74) is 1.72. The summed E-state index contributed by atoms with van der Waals surface area (Å²) >= 11 is 0. The molecule has 2 aromatic carbocycles. The van der Waals surface area contributed by atoms with Crippen LogP contribution in [-0.4, -0.2) is 15.9 Å². The second-order valence-corrected chi connectivity index (χ2v) is 5.89. The van der Waals surface area contributed by atoms with Crippen molar-refractivity contribution in [1.29, 1.82) is 0 Å². The monoisotopic (exact) mass is 372 g/mol. The summed E-state index contributed by atoms with van der Waals surface area (Å²) in [4.78, 5) is 20.7. The summed E-state index contributed by atoms with van der Waals surface area (Å²) < 4.78 is 40.1. The Kier molecular flexibility index (Phi) is 5.07. The predicted molar refractivity (Wildman–Crippen MR) is 95.5 cm³/mol. The number of amides is 1. The molecule has 0 saturated heterocycles. The summed E-state index contributed by atoms with van der Waals surface area (Å²) in [6.07, 6.45) is 0. The minimum absolute atomic E-state index is 0.0539. The van der Waals surface area contributed by atoms with Crippen LogP contribution in [0, 0.1) is 31.3 Å². The lowest BCUT2D eigenvalue weighted by atomic mass is 10.2. The third-order valence-corrected chi connectivity index (χ3v) is 3.64. The van der Waals surface area contributed by atoms with Crippen molar-refractivity contribution < 1.29 is 18.0 Å². The Morgan fingerprint density at radius 2 is 1.74 bits per heavy atom. The summed E-state index contributed by atoms with van der Waals surface area (Å²) in [5, 5.41) is 5.17. The average molecular weight is 372 g/mol. The van der Waals surface area contributed by atoms with E-state index in [4.69, 9.17) is 0 Å². The van der Waals surface area contributed by atoms with Crippen LogP contribution in [-0.2, 0) is 0 Å². The summed E-state index contributed by atoms with van der Waals surface area (Å²) in [6, 6.07) is 10.5. The molecule has 27 heavy (non-hydrogen) atoms. The molecule has 0 atom stereocenters. The summed E-state index contributed by atoms with van der Waals surface area (Å²) in [5.74, 6) is -5.08.